The van der Waals surface area contributed by atoms with Crippen LogP contribution in [-0.4, -0.2) is 57.9 Å². The average Bonchev–Trinajstić information content (AvgIpc) is 2.76. The minimum Gasteiger partial charge on any atom is -0.507 e. The van der Waals surface area contributed by atoms with Gasteiger partial charge >= 0.3 is 0 Å². The molecule has 0 aliphatic carbocycles. The summed E-state index contributed by atoms with van der Waals surface area (Å²) in [5.41, 5.74) is 1.43. The SMILES string of the molecule is CN(C)C(=O)c1cc(-c2ccc(NCC[C@H](F)Cc3ncccc3F)nn2)ccc1O. The zero-order valence-electron chi connectivity index (χ0n) is 17.2. The van der Waals surface area contributed by atoms with Gasteiger partial charge in [0.2, 0.25) is 0 Å². The molecule has 0 spiro atoms. The maximum atomic E-state index is 14.1. The van der Waals surface area contributed by atoms with Gasteiger partial charge in [-0.05, 0) is 48.9 Å². The van der Waals surface area contributed by atoms with E-state index in [9.17, 15) is 18.7 Å². The largest absolute Gasteiger partial charge is 0.507 e. The predicted molar refractivity (Wildman–Crippen MR) is 113 cm³/mol. The van der Waals surface area contributed by atoms with E-state index in [0.29, 0.717) is 23.6 Å². The molecule has 0 saturated carbocycles. The Kier molecular flexibility index (Phi) is 7.07. The van der Waals surface area contributed by atoms with Crippen molar-refractivity contribution in [2.75, 3.05) is 26.0 Å². The van der Waals surface area contributed by atoms with Crippen LogP contribution in [0.25, 0.3) is 11.3 Å². The number of nitrogens with zero attached hydrogens (tertiary/aromatic N) is 4. The number of phenols is 1. The molecule has 162 valence electrons. The lowest BCUT2D eigenvalue weighted by Crippen LogP contribution is -2.21. The van der Waals surface area contributed by atoms with Gasteiger partial charge in [0, 0.05) is 38.8 Å². The number of benzene rings is 1. The van der Waals surface area contributed by atoms with Gasteiger partial charge in [-0.3, -0.25) is 9.78 Å². The van der Waals surface area contributed by atoms with Gasteiger partial charge in [0.1, 0.15) is 23.6 Å². The minimum absolute atomic E-state index is 0.0895. The normalized spacial score (nSPS) is 11.7. The average molecular weight is 427 g/mol. The number of nitrogens with one attached hydrogen (secondary N) is 1. The number of aromatic nitrogens is 3. The summed E-state index contributed by atoms with van der Waals surface area (Å²) in [6, 6.07) is 10.8. The molecule has 31 heavy (non-hydrogen) atoms. The molecule has 3 aromatic rings. The van der Waals surface area contributed by atoms with Crippen molar-refractivity contribution in [1.82, 2.24) is 20.1 Å². The molecule has 7 nitrogen and oxygen atoms in total. The van der Waals surface area contributed by atoms with Gasteiger partial charge < -0.3 is 15.3 Å². The van der Waals surface area contributed by atoms with Crippen LogP contribution in [-0.2, 0) is 6.42 Å². The lowest BCUT2D eigenvalue weighted by Gasteiger charge is -2.13. The molecule has 0 aliphatic heterocycles. The lowest BCUT2D eigenvalue weighted by atomic mass is 10.1. The van der Waals surface area contributed by atoms with Crippen molar-refractivity contribution in [1.29, 1.82) is 0 Å². The van der Waals surface area contributed by atoms with E-state index >= 15 is 0 Å². The summed E-state index contributed by atoms with van der Waals surface area (Å²) in [5.74, 6) is -0.482. The first kappa shape index (κ1) is 22.1. The number of anilines is 1. The lowest BCUT2D eigenvalue weighted by molar-refractivity contribution is 0.0824. The van der Waals surface area contributed by atoms with Crippen LogP contribution in [0.3, 0.4) is 0 Å². The molecule has 0 saturated heterocycles. The molecule has 0 radical (unpaired) electrons. The molecule has 0 unspecified atom stereocenters. The van der Waals surface area contributed by atoms with Crippen LogP contribution >= 0.6 is 0 Å². The number of aromatic hydroxyl groups is 1. The number of hydrogen-bond acceptors (Lipinski definition) is 6. The second-order valence-corrected chi connectivity index (χ2v) is 7.18. The molecule has 1 amide bonds. The third-order valence-corrected chi connectivity index (χ3v) is 4.61. The molecule has 0 fully saturated rings. The minimum atomic E-state index is -1.24. The van der Waals surface area contributed by atoms with Crippen molar-refractivity contribution >= 4 is 11.7 Å². The van der Waals surface area contributed by atoms with Gasteiger partial charge in [0.15, 0.2) is 0 Å². The van der Waals surface area contributed by atoms with E-state index in [2.05, 4.69) is 20.5 Å². The first-order valence-corrected chi connectivity index (χ1v) is 9.71. The number of pyridine rings is 1. The summed E-state index contributed by atoms with van der Waals surface area (Å²) in [4.78, 5) is 17.4. The number of carbonyl (C=O) groups is 1. The second-order valence-electron chi connectivity index (χ2n) is 7.18. The van der Waals surface area contributed by atoms with Crippen LogP contribution in [0.2, 0.25) is 0 Å². The Morgan fingerprint density at radius 1 is 1.19 bits per heavy atom. The highest BCUT2D eigenvalue weighted by atomic mass is 19.1. The van der Waals surface area contributed by atoms with Crippen LogP contribution in [0.4, 0.5) is 14.6 Å². The zero-order chi connectivity index (χ0) is 22.4. The highest BCUT2D eigenvalue weighted by Gasteiger charge is 2.15. The summed E-state index contributed by atoms with van der Waals surface area (Å²) in [6.45, 7) is 0.296. The first-order valence-electron chi connectivity index (χ1n) is 9.71. The fourth-order valence-electron chi connectivity index (χ4n) is 2.93. The number of alkyl halides is 1. The van der Waals surface area contributed by atoms with Crippen molar-refractivity contribution in [3.63, 3.8) is 0 Å². The van der Waals surface area contributed by atoms with Crippen LogP contribution < -0.4 is 5.32 Å². The summed E-state index contributed by atoms with van der Waals surface area (Å²) < 4.78 is 27.7. The topological polar surface area (TPSA) is 91.2 Å². The molecular weight excluding hydrogens is 404 g/mol. The van der Waals surface area contributed by atoms with E-state index in [4.69, 9.17) is 0 Å². The molecule has 9 heteroatoms. The summed E-state index contributed by atoms with van der Waals surface area (Å²) in [7, 11) is 3.20. The van der Waals surface area contributed by atoms with Gasteiger partial charge in [-0.25, -0.2) is 8.78 Å². The highest BCUT2D eigenvalue weighted by Crippen LogP contribution is 2.25. The van der Waals surface area contributed by atoms with Crippen LogP contribution in [0.1, 0.15) is 22.5 Å². The van der Waals surface area contributed by atoms with Crippen LogP contribution in [0.15, 0.2) is 48.7 Å². The third kappa shape index (κ3) is 5.71. The molecule has 2 N–H and O–H groups in total. The van der Waals surface area contributed by atoms with Crippen molar-refractivity contribution < 1.29 is 18.7 Å². The smallest absolute Gasteiger partial charge is 0.257 e. The van der Waals surface area contributed by atoms with Gasteiger partial charge in [-0.2, -0.15) is 0 Å². The summed E-state index contributed by atoms with van der Waals surface area (Å²) >= 11 is 0. The summed E-state index contributed by atoms with van der Waals surface area (Å²) in [5, 5.41) is 21.1. The maximum Gasteiger partial charge on any atom is 0.257 e. The van der Waals surface area contributed by atoms with Crippen LogP contribution in [0.5, 0.6) is 5.75 Å². The van der Waals surface area contributed by atoms with E-state index in [1.165, 1.54) is 29.3 Å². The van der Waals surface area contributed by atoms with Crippen LogP contribution in [0, 0.1) is 5.82 Å². The predicted octanol–water partition coefficient (Wildman–Crippen LogP) is 3.47. The number of phenolic OH excluding ortho intramolecular Hbond substituents is 1. The summed E-state index contributed by atoms with van der Waals surface area (Å²) in [6.07, 6.45) is 0.267. The van der Waals surface area contributed by atoms with Gasteiger partial charge in [-0.15, -0.1) is 10.2 Å². The van der Waals surface area contributed by atoms with E-state index < -0.39 is 12.0 Å². The molecule has 1 aromatic carbocycles. The van der Waals surface area contributed by atoms with Crippen molar-refractivity contribution in [3.05, 3.63) is 65.7 Å². The Bertz CT molecular complexity index is 1040. The van der Waals surface area contributed by atoms with Gasteiger partial charge in [0.25, 0.3) is 5.91 Å². The number of rotatable bonds is 8. The number of amides is 1. The Labute approximate surface area is 178 Å². The highest BCUT2D eigenvalue weighted by molar-refractivity contribution is 5.97. The second kappa shape index (κ2) is 9.92. The number of carbonyl (C=O) groups excluding carboxylic acids is 1. The number of halogens is 2. The van der Waals surface area contributed by atoms with Crippen molar-refractivity contribution in [2.45, 2.75) is 19.0 Å². The Balaban J connectivity index is 1.58. The molecule has 2 heterocycles. The van der Waals surface area contributed by atoms with E-state index in [1.807, 2.05) is 0 Å². The maximum absolute atomic E-state index is 14.1. The third-order valence-electron chi connectivity index (χ3n) is 4.61. The Morgan fingerprint density at radius 2 is 2.00 bits per heavy atom. The fraction of sp³-hybridized carbons (Fsp3) is 0.273. The quantitative estimate of drug-likeness (QED) is 0.572. The van der Waals surface area contributed by atoms with E-state index in [-0.39, 0.29) is 35.8 Å². The van der Waals surface area contributed by atoms with Crippen molar-refractivity contribution in [3.8, 4) is 17.0 Å². The monoisotopic (exact) mass is 427 g/mol. The first-order chi connectivity index (χ1) is 14.8. The Hall–Kier alpha value is -3.62. The van der Waals surface area contributed by atoms with E-state index in [1.54, 1.807) is 38.4 Å². The Morgan fingerprint density at radius 3 is 2.68 bits per heavy atom. The van der Waals surface area contributed by atoms with E-state index in [0.717, 1.165) is 0 Å². The molecule has 2 aromatic heterocycles. The zero-order valence-corrected chi connectivity index (χ0v) is 17.2. The number of hydrogen-bond donors (Lipinski definition) is 2. The molecule has 0 bridgehead atoms. The molecule has 3 rings (SSSR count). The standard InChI is InChI=1S/C22H23F2N5O2/c1-29(2)22(31)16-12-14(5-7-20(16)30)18-6-8-21(28-27-18)26-11-9-15(23)13-19-17(24)4-3-10-25-19/h3-8,10,12,15,30H,9,11,13H2,1-2H3,(H,26,28)/t15-/m0/s1. The van der Waals surface area contributed by atoms with Crippen molar-refractivity contribution in [2.24, 2.45) is 0 Å². The molecular formula is C22H23F2N5O2. The van der Waals surface area contributed by atoms with Gasteiger partial charge in [0.05, 0.1) is 17.0 Å². The molecule has 1 atom stereocenters. The molecule has 0 aliphatic rings. The fourth-order valence-corrected chi connectivity index (χ4v) is 2.93. The van der Waals surface area contributed by atoms with Gasteiger partial charge in [-0.1, -0.05) is 0 Å².